The Morgan fingerprint density at radius 1 is 1.00 bits per heavy atom. The highest BCUT2D eigenvalue weighted by Crippen LogP contribution is 2.47. The Bertz CT molecular complexity index is 669. The number of benzene rings is 1. The highest BCUT2D eigenvalue weighted by Gasteiger charge is 2.63. The van der Waals surface area contributed by atoms with Crippen molar-refractivity contribution in [2.24, 2.45) is 5.41 Å². The second kappa shape index (κ2) is 9.52. The van der Waals surface area contributed by atoms with Crippen molar-refractivity contribution in [1.82, 2.24) is 0 Å². The highest BCUT2D eigenvalue weighted by molar-refractivity contribution is 14.1. The van der Waals surface area contributed by atoms with Gasteiger partial charge >= 0.3 is 17.9 Å². The second-order valence-electron chi connectivity index (χ2n) is 6.26. The molecule has 0 saturated carbocycles. The Labute approximate surface area is 173 Å². The number of aryl methyl sites for hydroxylation is 1. The first-order valence-corrected chi connectivity index (χ1v) is 10.3. The molecule has 27 heavy (non-hydrogen) atoms. The molecule has 6 nitrogen and oxygen atoms in total. The molecule has 1 aromatic rings. The van der Waals surface area contributed by atoms with Crippen molar-refractivity contribution in [1.29, 1.82) is 0 Å². The van der Waals surface area contributed by atoms with E-state index in [1.807, 2.05) is 18.2 Å². The van der Waals surface area contributed by atoms with Crippen LogP contribution in [0.25, 0.3) is 0 Å². The molecule has 0 fully saturated rings. The molecular weight excluding hydrogens is 463 g/mol. The topological polar surface area (TPSA) is 78.9 Å². The summed E-state index contributed by atoms with van der Waals surface area (Å²) in [5.74, 6) is -3.40. The van der Waals surface area contributed by atoms with Crippen LogP contribution in [0.15, 0.2) is 18.2 Å². The maximum atomic E-state index is 13.0. The zero-order chi connectivity index (χ0) is 20.0. The number of halogens is 1. The SMILES string of the molecule is CCOC(=O)C(C(=O)OCC)(C(=O)OCC)[C@H]1CCCc2cc(I)ccc21. The predicted octanol–water partition coefficient (Wildman–Crippen LogP) is 3.39. The van der Waals surface area contributed by atoms with Gasteiger partial charge in [-0.1, -0.05) is 6.07 Å². The van der Waals surface area contributed by atoms with E-state index < -0.39 is 29.2 Å². The molecule has 1 aromatic carbocycles. The van der Waals surface area contributed by atoms with E-state index in [0.717, 1.165) is 27.5 Å². The van der Waals surface area contributed by atoms with Crippen LogP contribution in [0, 0.1) is 8.99 Å². The molecule has 0 N–H and O–H groups in total. The van der Waals surface area contributed by atoms with Gasteiger partial charge in [-0.15, -0.1) is 0 Å². The average molecular weight is 488 g/mol. The molecule has 0 amide bonds. The van der Waals surface area contributed by atoms with E-state index in [1.165, 1.54) is 0 Å². The lowest BCUT2D eigenvalue weighted by Gasteiger charge is -2.37. The van der Waals surface area contributed by atoms with Crippen LogP contribution in [-0.2, 0) is 35.0 Å². The van der Waals surface area contributed by atoms with Gasteiger partial charge in [0.15, 0.2) is 0 Å². The number of rotatable bonds is 7. The third-order valence-electron chi connectivity index (χ3n) is 4.73. The molecule has 0 spiro atoms. The monoisotopic (exact) mass is 488 g/mol. The van der Waals surface area contributed by atoms with Gasteiger partial charge in [0.1, 0.15) is 0 Å². The van der Waals surface area contributed by atoms with Crippen LogP contribution in [0.3, 0.4) is 0 Å². The molecule has 0 heterocycles. The fraction of sp³-hybridized carbons (Fsp3) is 0.550. The van der Waals surface area contributed by atoms with E-state index in [4.69, 9.17) is 14.2 Å². The third-order valence-corrected chi connectivity index (χ3v) is 5.41. The Balaban J connectivity index is 2.69. The minimum absolute atomic E-state index is 0.0473. The van der Waals surface area contributed by atoms with Gasteiger partial charge in [0, 0.05) is 9.49 Å². The van der Waals surface area contributed by atoms with Crippen LogP contribution < -0.4 is 0 Å². The summed E-state index contributed by atoms with van der Waals surface area (Å²) in [6, 6.07) is 5.81. The van der Waals surface area contributed by atoms with Crippen molar-refractivity contribution in [3.8, 4) is 0 Å². The molecule has 0 aliphatic heterocycles. The largest absolute Gasteiger partial charge is 0.465 e. The maximum absolute atomic E-state index is 13.0. The number of carbonyl (C=O) groups is 3. The zero-order valence-electron chi connectivity index (χ0n) is 15.9. The summed E-state index contributed by atoms with van der Waals surface area (Å²) < 4.78 is 16.6. The summed E-state index contributed by atoms with van der Waals surface area (Å²) in [6.45, 7) is 5.05. The molecule has 0 aromatic heterocycles. The normalized spacial score (nSPS) is 16.2. The summed E-state index contributed by atoms with van der Waals surface area (Å²) in [6.07, 6.45) is 2.06. The smallest absolute Gasteiger partial charge is 0.335 e. The number of ether oxygens (including phenoxy) is 3. The molecule has 2 rings (SSSR count). The van der Waals surface area contributed by atoms with Crippen molar-refractivity contribution >= 4 is 40.5 Å². The van der Waals surface area contributed by atoms with Gasteiger partial charge in [0.2, 0.25) is 0 Å². The van der Waals surface area contributed by atoms with Gasteiger partial charge in [0.25, 0.3) is 5.41 Å². The highest BCUT2D eigenvalue weighted by atomic mass is 127. The van der Waals surface area contributed by atoms with Crippen LogP contribution in [0.2, 0.25) is 0 Å². The van der Waals surface area contributed by atoms with E-state index in [0.29, 0.717) is 6.42 Å². The maximum Gasteiger partial charge on any atom is 0.335 e. The van der Waals surface area contributed by atoms with Crippen LogP contribution in [0.4, 0.5) is 0 Å². The van der Waals surface area contributed by atoms with E-state index in [1.54, 1.807) is 20.8 Å². The lowest BCUT2D eigenvalue weighted by atomic mass is 9.66. The molecule has 0 bridgehead atoms. The summed E-state index contributed by atoms with van der Waals surface area (Å²) >= 11 is 2.22. The lowest BCUT2D eigenvalue weighted by Crippen LogP contribution is -2.54. The fourth-order valence-electron chi connectivity index (χ4n) is 3.64. The number of fused-ring (bicyclic) bond motifs is 1. The van der Waals surface area contributed by atoms with Crippen molar-refractivity contribution in [3.05, 3.63) is 32.9 Å². The first-order valence-electron chi connectivity index (χ1n) is 9.23. The second-order valence-corrected chi connectivity index (χ2v) is 7.50. The number of carbonyl (C=O) groups excluding carboxylic acids is 3. The molecule has 1 aliphatic carbocycles. The zero-order valence-corrected chi connectivity index (χ0v) is 18.0. The van der Waals surface area contributed by atoms with Gasteiger partial charge < -0.3 is 14.2 Å². The first kappa shape index (κ1) is 21.7. The van der Waals surface area contributed by atoms with Crippen molar-refractivity contribution in [2.45, 2.75) is 46.0 Å². The molecule has 0 unspecified atom stereocenters. The minimum atomic E-state index is -2.15. The van der Waals surface area contributed by atoms with Crippen LogP contribution in [0.1, 0.15) is 50.7 Å². The molecule has 148 valence electrons. The fourth-order valence-corrected chi connectivity index (χ4v) is 4.20. The molecule has 0 saturated heterocycles. The van der Waals surface area contributed by atoms with Gasteiger partial charge in [0.05, 0.1) is 19.8 Å². The number of hydrogen-bond donors (Lipinski definition) is 0. The van der Waals surface area contributed by atoms with E-state index in [2.05, 4.69) is 22.6 Å². The molecular formula is C20H25IO6. The predicted molar refractivity (Wildman–Crippen MR) is 107 cm³/mol. The van der Waals surface area contributed by atoms with Crippen LogP contribution in [-0.4, -0.2) is 37.7 Å². The summed E-state index contributed by atoms with van der Waals surface area (Å²) in [5, 5.41) is 0. The number of esters is 3. The first-order chi connectivity index (χ1) is 12.9. The van der Waals surface area contributed by atoms with E-state index in [9.17, 15) is 14.4 Å². The van der Waals surface area contributed by atoms with Gasteiger partial charge in [-0.25, -0.2) is 0 Å². The Kier molecular flexibility index (Phi) is 7.64. The van der Waals surface area contributed by atoms with Crippen LogP contribution >= 0.6 is 22.6 Å². The Morgan fingerprint density at radius 3 is 2.00 bits per heavy atom. The Hall–Kier alpha value is -1.64. The van der Waals surface area contributed by atoms with E-state index in [-0.39, 0.29) is 19.8 Å². The van der Waals surface area contributed by atoms with Gasteiger partial charge in [-0.3, -0.25) is 14.4 Å². The number of hydrogen-bond acceptors (Lipinski definition) is 6. The minimum Gasteiger partial charge on any atom is -0.465 e. The van der Waals surface area contributed by atoms with Crippen molar-refractivity contribution < 1.29 is 28.6 Å². The lowest BCUT2D eigenvalue weighted by molar-refractivity contribution is -0.186. The van der Waals surface area contributed by atoms with Gasteiger partial charge in [-0.2, -0.15) is 0 Å². The Morgan fingerprint density at radius 2 is 1.52 bits per heavy atom. The molecule has 1 aliphatic rings. The summed E-state index contributed by atoms with van der Waals surface area (Å²) in [5.41, 5.74) is -0.319. The van der Waals surface area contributed by atoms with Gasteiger partial charge in [-0.05, 0) is 85.9 Å². The van der Waals surface area contributed by atoms with Crippen molar-refractivity contribution in [2.75, 3.05) is 19.8 Å². The van der Waals surface area contributed by atoms with Crippen molar-refractivity contribution in [3.63, 3.8) is 0 Å². The quantitative estimate of drug-likeness (QED) is 0.254. The third kappa shape index (κ3) is 4.12. The standard InChI is InChI=1S/C20H25IO6/c1-4-25-17(22)20(18(23)26-5-2,19(24)27-6-3)16-9-7-8-13-12-14(21)10-11-15(13)16/h10-12,16H,4-9H2,1-3H3/t16-/m0/s1. The molecule has 7 heteroatoms. The van der Waals surface area contributed by atoms with E-state index >= 15 is 0 Å². The van der Waals surface area contributed by atoms with Crippen LogP contribution in [0.5, 0.6) is 0 Å². The molecule has 0 radical (unpaired) electrons. The summed E-state index contributed by atoms with van der Waals surface area (Å²) in [7, 11) is 0. The average Bonchev–Trinajstić information content (AvgIpc) is 2.63. The molecule has 1 atom stereocenters. The summed E-state index contributed by atoms with van der Waals surface area (Å²) in [4.78, 5) is 39.1.